The number of hydrogen-bond acceptors (Lipinski definition) is 3. The molecule has 0 radical (unpaired) electrons. The minimum absolute atomic E-state index is 0.740. The third-order valence-corrected chi connectivity index (χ3v) is 8.87. The second-order valence-electron chi connectivity index (χ2n) is 10.9. The molecule has 0 saturated heterocycles. The van der Waals surface area contributed by atoms with Crippen molar-refractivity contribution in [3.8, 4) is 16.8 Å². The van der Waals surface area contributed by atoms with E-state index in [1.807, 2.05) is 24.7 Å². The fraction of sp³-hybridized carbons (Fsp3) is 0.0278. The number of para-hydroxylation sites is 1. The number of nitrogens with zero attached hydrogens (tertiary/aromatic N) is 5. The van der Waals surface area contributed by atoms with E-state index < -0.39 is 0 Å². The molecule has 0 spiro atoms. The van der Waals surface area contributed by atoms with Crippen molar-refractivity contribution in [3.63, 3.8) is 0 Å². The summed E-state index contributed by atoms with van der Waals surface area (Å²) < 4.78 is 4.71. The molecular formula is C36H21N5. The van der Waals surface area contributed by atoms with Crippen LogP contribution in [0.4, 0.5) is 0 Å². The van der Waals surface area contributed by atoms with Gasteiger partial charge in [-0.25, -0.2) is 9.97 Å². The predicted octanol–water partition coefficient (Wildman–Crippen LogP) is 8.25. The van der Waals surface area contributed by atoms with Gasteiger partial charge < -0.3 is 4.57 Å². The average molecular weight is 524 g/mol. The Kier molecular flexibility index (Phi) is 3.92. The Morgan fingerprint density at radius 2 is 1.44 bits per heavy atom. The standard InChI is InChI=1S/C36H21N5/c1-2-8-22(9-3-1)40-33-25(13-12-24-23-10-5-4-7-21(23)19-29(24)33)26-14-15-28-32(34(26)40)27-16-18-37-20-31(27)41-30-11-6-17-38-35(30)39-36(28)41/h1-18,20H,19H2. The zero-order chi connectivity index (χ0) is 26.7. The first-order valence-corrected chi connectivity index (χ1v) is 13.9. The van der Waals surface area contributed by atoms with Gasteiger partial charge in [-0.15, -0.1) is 0 Å². The Hall–Kier alpha value is -5.55. The summed E-state index contributed by atoms with van der Waals surface area (Å²) in [5.74, 6) is 0. The zero-order valence-electron chi connectivity index (χ0n) is 21.9. The molecule has 0 aliphatic heterocycles. The highest BCUT2D eigenvalue weighted by atomic mass is 15.1. The SMILES string of the molecule is c1ccc(-n2c3c4c(ccc3c3ccc5c(c6ccncc6n6c7cccnc7nc56)c32)-c2ccccc2C4)cc1. The Labute approximate surface area is 234 Å². The molecule has 5 heterocycles. The van der Waals surface area contributed by atoms with Crippen LogP contribution in [0.1, 0.15) is 11.1 Å². The van der Waals surface area contributed by atoms with E-state index in [0.29, 0.717) is 0 Å². The monoisotopic (exact) mass is 523 g/mol. The van der Waals surface area contributed by atoms with Crippen LogP contribution in [0.25, 0.3) is 77.1 Å². The molecule has 0 N–H and O–H groups in total. The number of benzene rings is 4. The van der Waals surface area contributed by atoms with E-state index in [9.17, 15) is 0 Å². The second kappa shape index (κ2) is 7.55. The van der Waals surface area contributed by atoms with E-state index in [2.05, 4.69) is 110 Å². The van der Waals surface area contributed by atoms with Crippen molar-refractivity contribution in [2.75, 3.05) is 0 Å². The largest absolute Gasteiger partial charge is 0.308 e. The molecule has 0 saturated carbocycles. The van der Waals surface area contributed by atoms with Crippen molar-refractivity contribution in [2.45, 2.75) is 6.42 Å². The molecule has 10 rings (SSSR count). The summed E-state index contributed by atoms with van der Waals surface area (Å²) in [5, 5.41) is 5.96. The maximum atomic E-state index is 5.06. The third-order valence-electron chi connectivity index (χ3n) is 8.87. The van der Waals surface area contributed by atoms with Gasteiger partial charge in [-0.1, -0.05) is 60.7 Å². The van der Waals surface area contributed by atoms with E-state index in [0.717, 1.165) is 45.2 Å². The van der Waals surface area contributed by atoms with Crippen molar-refractivity contribution < 1.29 is 0 Å². The van der Waals surface area contributed by atoms with Gasteiger partial charge in [0, 0.05) is 51.4 Å². The molecule has 5 nitrogen and oxygen atoms in total. The van der Waals surface area contributed by atoms with Crippen molar-refractivity contribution in [1.29, 1.82) is 0 Å². The van der Waals surface area contributed by atoms with Crippen molar-refractivity contribution >= 4 is 60.3 Å². The number of imidazole rings is 1. The van der Waals surface area contributed by atoms with E-state index >= 15 is 0 Å². The zero-order valence-corrected chi connectivity index (χ0v) is 21.9. The fourth-order valence-electron chi connectivity index (χ4n) is 7.23. The molecule has 1 aliphatic rings. The van der Waals surface area contributed by atoms with Crippen LogP contribution >= 0.6 is 0 Å². The van der Waals surface area contributed by atoms with E-state index in [4.69, 9.17) is 4.98 Å². The van der Waals surface area contributed by atoms with Crippen LogP contribution in [0.2, 0.25) is 0 Å². The Morgan fingerprint density at radius 3 is 2.39 bits per heavy atom. The minimum atomic E-state index is 0.740. The molecule has 5 aromatic heterocycles. The molecule has 9 aromatic rings. The van der Waals surface area contributed by atoms with Gasteiger partial charge in [0.25, 0.3) is 0 Å². The van der Waals surface area contributed by atoms with Crippen LogP contribution in [0, 0.1) is 0 Å². The molecule has 5 heteroatoms. The average Bonchev–Trinajstić information content (AvgIpc) is 3.71. The van der Waals surface area contributed by atoms with Crippen LogP contribution in [-0.2, 0) is 6.42 Å². The molecule has 0 fully saturated rings. The first-order chi connectivity index (χ1) is 20.4. The van der Waals surface area contributed by atoms with E-state index in [-0.39, 0.29) is 0 Å². The summed E-state index contributed by atoms with van der Waals surface area (Å²) in [6, 6.07) is 35.0. The van der Waals surface area contributed by atoms with Crippen LogP contribution in [-0.4, -0.2) is 23.9 Å². The molecule has 1 aliphatic carbocycles. The lowest BCUT2D eigenvalue weighted by atomic mass is 10.0. The smallest absolute Gasteiger partial charge is 0.178 e. The highest BCUT2D eigenvalue weighted by Crippen LogP contribution is 2.46. The first-order valence-electron chi connectivity index (χ1n) is 13.9. The summed E-state index contributed by atoms with van der Waals surface area (Å²) >= 11 is 0. The van der Waals surface area contributed by atoms with Crippen molar-refractivity contribution in [1.82, 2.24) is 23.9 Å². The fourth-order valence-corrected chi connectivity index (χ4v) is 7.23. The lowest BCUT2D eigenvalue weighted by Crippen LogP contribution is -1.98. The van der Waals surface area contributed by atoms with Gasteiger partial charge in [0.2, 0.25) is 0 Å². The molecule has 190 valence electrons. The van der Waals surface area contributed by atoms with Crippen LogP contribution in [0.5, 0.6) is 0 Å². The van der Waals surface area contributed by atoms with Crippen LogP contribution < -0.4 is 0 Å². The number of rotatable bonds is 1. The van der Waals surface area contributed by atoms with Gasteiger partial charge in [-0.3, -0.25) is 9.38 Å². The molecule has 41 heavy (non-hydrogen) atoms. The molecule has 4 aromatic carbocycles. The van der Waals surface area contributed by atoms with Gasteiger partial charge in [0.05, 0.1) is 28.3 Å². The lowest BCUT2D eigenvalue weighted by Gasteiger charge is -2.14. The summed E-state index contributed by atoms with van der Waals surface area (Å²) in [6.07, 6.45) is 6.59. The third kappa shape index (κ3) is 2.63. The topological polar surface area (TPSA) is 48.0 Å². The number of aromatic nitrogens is 5. The van der Waals surface area contributed by atoms with Gasteiger partial charge in [-0.05, 0) is 58.7 Å². The van der Waals surface area contributed by atoms with Crippen LogP contribution in [0.15, 0.2) is 116 Å². The minimum Gasteiger partial charge on any atom is -0.308 e. The predicted molar refractivity (Wildman–Crippen MR) is 166 cm³/mol. The summed E-state index contributed by atoms with van der Waals surface area (Å²) in [4.78, 5) is 14.2. The Bertz CT molecular complexity index is 2550. The van der Waals surface area contributed by atoms with E-state index in [1.165, 1.54) is 49.4 Å². The first kappa shape index (κ1) is 21.3. The highest BCUT2D eigenvalue weighted by molar-refractivity contribution is 6.28. The Morgan fingerprint density at radius 1 is 0.610 bits per heavy atom. The lowest BCUT2D eigenvalue weighted by molar-refractivity contribution is 1.16. The molecular weight excluding hydrogens is 502 g/mol. The van der Waals surface area contributed by atoms with E-state index in [1.54, 1.807) is 0 Å². The maximum Gasteiger partial charge on any atom is 0.178 e. The molecule has 0 atom stereocenters. The number of hydrogen-bond donors (Lipinski definition) is 0. The quantitative estimate of drug-likeness (QED) is 0.204. The Balaban J connectivity index is 1.49. The molecule has 0 bridgehead atoms. The number of pyridine rings is 3. The maximum absolute atomic E-state index is 5.06. The van der Waals surface area contributed by atoms with Gasteiger partial charge in [0.1, 0.15) is 5.65 Å². The number of fused-ring (bicyclic) bond motifs is 16. The molecule has 0 amide bonds. The van der Waals surface area contributed by atoms with Gasteiger partial charge in [-0.2, -0.15) is 0 Å². The highest BCUT2D eigenvalue weighted by Gasteiger charge is 2.26. The second-order valence-corrected chi connectivity index (χ2v) is 10.9. The van der Waals surface area contributed by atoms with Crippen molar-refractivity contribution in [3.05, 3.63) is 127 Å². The molecule has 0 unspecified atom stereocenters. The van der Waals surface area contributed by atoms with Crippen LogP contribution in [0.3, 0.4) is 0 Å². The summed E-state index contributed by atoms with van der Waals surface area (Å²) in [5.41, 5.74) is 12.7. The van der Waals surface area contributed by atoms with Gasteiger partial charge >= 0.3 is 0 Å². The van der Waals surface area contributed by atoms with Crippen molar-refractivity contribution in [2.24, 2.45) is 0 Å². The summed E-state index contributed by atoms with van der Waals surface area (Å²) in [6.45, 7) is 0. The normalized spacial score (nSPS) is 12.8. The summed E-state index contributed by atoms with van der Waals surface area (Å²) in [7, 11) is 0. The van der Waals surface area contributed by atoms with Gasteiger partial charge in [0.15, 0.2) is 5.65 Å².